The van der Waals surface area contributed by atoms with Crippen LogP contribution >= 0.6 is 0 Å². The maximum Gasteiger partial charge on any atom is 0.244 e. The summed E-state index contributed by atoms with van der Waals surface area (Å²) < 4.78 is 11.0. The SMILES string of the molecule is CCOc1ccccc1/C=C/C(=O)NCc1ccccc1CN1CCOCC1. The van der Waals surface area contributed by atoms with Gasteiger partial charge in [-0.25, -0.2) is 0 Å². The maximum atomic E-state index is 12.3. The standard InChI is InChI=1S/C23H28N2O3/c1-2-28-22-10-6-5-7-19(22)11-12-23(26)24-17-20-8-3-4-9-21(20)18-25-13-15-27-16-14-25/h3-12H,2,13-18H2,1H3,(H,24,26)/b12-11+. The Morgan fingerprint density at radius 1 is 1.11 bits per heavy atom. The van der Waals surface area contributed by atoms with Crippen LogP contribution in [0.25, 0.3) is 6.08 Å². The number of morpholine rings is 1. The highest BCUT2D eigenvalue weighted by Crippen LogP contribution is 2.19. The number of para-hydroxylation sites is 1. The van der Waals surface area contributed by atoms with Gasteiger partial charge in [-0.2, -0.15) is 0 Å². The molecule has 0 unspecified atom stereocenters. The van der Waals surface area contributed by atoms with E-state index in [0.29, 0.717) is 13.2 Å². The van der Waals surface area contributed by atoms with Crippen molar-refractivity contribution in [3.05, 3.63) is 71.3 Å². The van der Waals surface area contributed by atoms with E-state index in [4.69, 9.17) is 9.47 Å². The van der Waals surface area contributed by atoms with Gasteiger partial charge in [0.15, 0.2) is 0 Å². The van der Waals surface area contributed by atoms with Gasteiger partial charge in [-0.05, 0) is 30.2 Å². The van der Waals surface area contributed by atoms with Crippen LogP contribution in [0, 0.1) is 0 Å². The zero-order valence-electron chi connectivity index (χ0n) is 16.4. The molecule has 0 bridgehead atoms. The lowest BCUT2D eigenvalue weighted by atomic mass is 10.1. The third-order valence-corrected chi connectivity index (χ3v) is 4.70. The Morgan fingerprint density at radius 3 is 2.61 bits per heavy atom. The molecule has 2 aromatic rings. The van der Waals surface area contributed by atoms with E-state index in [1.807, 2.05) is 43.3 Å². The molecule has 0 aliphatic carbocycles. The zero-order chi connectivity index (χ0) is 19.6. The van der Waals surface area contributed by atoms with Crippen molar-refractivity contribution in [3.63, 3.8) is 0 Å². The average Bonchev–Trinajstić information content (AvgIpc) is 2.73. The first kappa shape index (κ1) is 20.1. The number of carbonyl (C=O) groups is 1. The fourth-order valence-corrected chi connectivity index (χ4v) is 3.20. The molecule has 1 aliphatic rings. The molecule has 0 spiro atoms. The van der Waals surface area contributed by atoms with Crippen LogP contribution in [0.5, 0.6) is 5.75 Å². The summed E-state index contributed by atoms with van der Waals surface area (Å²) in [6.07, 6.45) is 3.35. The summed E-state index contributed by atoms with van der Waals surface area (Å²) in [7, 11) is 0. The minimum atomic E-state index is -0.118. The molecule has 3 rings (SSSR count). The van der Waals surface area contributed by atoms with Gasteiger partial charge >= 0.3 is 0 Å². The first-order valence-corrected chi connectivity index (χ1v) is 9.81. The van der Waals surface area contributed by atoms with E-state index in [0.717, 1.165) is 49.7 Å². The van der Waals surface area contributed by atoms with Crippen LogP contribution in [-0.2, 0) is 22.6 Å². The van der Waals surface area contributed by atoms with Crippen molar-refractivity contribution in [1.82, 2.24) is 10.2 Å². The summed E-state index contributed by atoms with van der Waals surface area (Å²) in [6, 6.07) is 16.0. The molecule has 1 saturated heterocycles. The summed E-state index contributed by atoms with van der Waals surface area (Å²) >= 11 is 0. The van der Waals surface area contributed by atoms with Crippen LogP contribution in [0.15, 0.2) is 54.6 Å². The third kappa shape index (κ3) is 5.94. The monoisotopic (exact) mass is 380 g/mol. The van der Waals surface area contributed by atoms with Gasteiger partial charge in [-0.1, -0.05) is 42.5 Å². The largest absolute Gasteiger partial charge is 0.493 e. The number of hydrogen-bond acceptors (Lipinski definition) is 4. The van der Waals surface area contributed by atoms with E-state index in [-0.39, 0.29) is 5.91 Å². The number of benzene rings is 2. The lowest BCUT2D eigenvalue weighted by Gasteiger charge is -2.27. The maximum absolute atomic E-state index is 12.3. The topological polar surface area (TPSA) is 50.8 Å². The molecule has 5 heteroatoms. The molecule has 148 valence electrons. The smallest absolute Gasteiger partial charge is 0.244 e. The molecule has 0 atom stereocenters. The Labute approximate surface area is 167 Å². The van der Waals surface area contributed by atoms with Crippen molar-refractivity contribution in [3.8, 4) is 5.75 Å². The van der Waals surface area contributed by atoms with Crippen LogP contribution in [0.3, 0.4) is 0 Å². The van der Waals surface area contributed by atoms with Crippen molar-refractivity contribution in [1.29, 1.82) is 0 Å². The number of nitrogens with zero attached hydrogens (tertiary/aromatic N) is 1. The summed E-state index contributed by atoms with van der Waals surface area (Å²) in [5.41, 5.74) is 3.29. The Kier molecular flexibility index (Phi) is 7.64. The van der Waals surface area contributed by atoms with Gasteiger partial charge in [0.25, 0.3) is 0 Å². The number of hydrogen-bond donors (Lipinski definition) is 1. The normalized spacial score (nSPS) is 14.9. The lowest BCUT2D eigenvalue weighted by Crippen LogP contribution is -2.36. The van der Waals surface area contributed by atoms with Crippen LogP contribution in [0.1, 0.15) is 23.6 Å². The number of amides is 1. The van der Waals surface area contributed by atoms with E-state index in [2.05, 4.69) is 22.3 Å². The Bertz CT molecular complexity index is 798. The van der Waals surface area contributed by atoms with Gasteiger partial charge in [0.2, 0.25) is 5.91 Å². The molecule has 28 heavy (non-hydrogen) atoms. The second kappa shape index (κ2) is 10.6. The molecule has 0 radical (unpaired) electrons. The Balaban J connectivity index is 1.57. The van der Waals surface area contributed by atoms with Crippen molar-refractivity contribution >= 4 is 12.0 Å². The Morgan fingerprint density at radius 2 is 1.82 bits per heavy atom. The number of carbonyl (C=O) groups excluding carboxylic acids is 1. The van der Waals surface area contributed by atoms with Crippen LogP contribution in [0.4, 0.5) is 0 Å². The summed E-state index contributed by atoms with van der Waals surface area (Å²) in [5, 5.41) is 2.99. The molecule has 1 N–H and O–H groups in total. The highest BCUT2D eigenvalue weighted by Gasteiger charge is 2.12. The van der Waals surface area contributed by atoms with Crippen molar-refractivity contribution in [2.24, 2.45) is 0 Å². The van der Waals surface area contributed by atoms with E-state index >= 15 is 0 Å². The van der Waals surface area contributed by atoms with E-state index in [1.54, 1.807) is 12.2 Å². The molecule has 5 nitrogen and oxygen atoms in total. The summed E-state index contributed by atoms with van der Waals surface area (Å²) in [5.74, 6) is 0.664. The zero-order valence-corrected chi connectivity index (χ0v) is 16.4. The molecule has 1 fully saturated rings. The predicted octanol–water partition coefficient (Wildman–Crippen LogP) is 3.25. The van der Waals surface area contributed by atoms with Gasteiger partial charge in [0, 0.05) is 37.8 Å². The molecule has 1 heterocycles. The van der Waals surface area contributed by atoms with Crippen molar-refractivity contribution in [2.75, 3.05) is 32.9 Å². The minimum absolute atomic E-state index is 0.118. The molecule has 0 aromatic heterocycles. The number of nitrogens with one attached hydrogen (secondary N) is 1. The molecular formula is C23H28N2O3. The number of ether oxygens (including phenoxy) is 2. The van der Waals surface area contributed by atoms with E-state index in [9.17, 15) is 4.79 Å². The van der Waals surface area contributed by atoms with Crippen molar-refractivity contribution < 1.29 is 14.3 Å². The van der Waals surface area contributed by atoms with Gasteiger partial charge in [-0.15, -0.1) is 0 Å². The van der Waals surface area contributed by atoms with Gasteiger partial charge in [-0.3, -0.25) is 9.69 Å². The average molecular weight is 380 g/mol. The van der Waals surface area contributed by atoms with Gasteiger partial charge < -0.3 is 14.8 Å². The highest BCUT2D eigenvalue weighted by molar-refractivity contribution is 5.92. The number of rotatable bonds is 8. The molecular weight excluding hydrogens is 352 g/mol. The van der Waals surface area contributed by atoms with Gasteiger partial charge in [0.1, 0.15) is 5.75 Å². The quantitative estimate of drug-likeness (QED) is 0.715. The summed E-state index contributed by atoms with van der Waals surface area (Å²) in [6.45, 7) is 7.40. The molecule has 1 aliphatic heterocycles. The molecule has 0 saturated carbocycles. The summed E-state index contributed by atoms with van der Waals surface area (Å²) in [4.78, 5) is 14.7. The third-order valence-electron chi connectivity index (χ3n) is 4.70. The fraction of sp³-hybridized carbons (Fsp3) is 0.348. The van der Waals surface area contributed by atoms with Gasteiger partial charge in [0.05, 0.1) is 19.8 Å². The predicted molar refractivity (Wildman–Crippen MR) is 111 cm³/mol. The second-order valence-electron chi connectivity index (χ2n) is 6.68. The first-order chi connectivity index (χ1) is 13.8. The first-order valence-electron chi connectivity index (χ1n) is 9.81. The van der Waals surface area contributed by atoms with Crippen LogP contribution in [-0.4, -0.2) is 43.7 Å². The minimum Gasteiger partial charge on any atom is -0.493 e. The molecule has 2 aromatic carbocycles. The van der Waals surface area contributed by atoms with Crippen molar-refractivity contribution in [2.45, 2.75) is 20.0 Å². The van der Waals surface area contributed by atoms with Crippen LogP contribution < -0.4 is 10.1 Å². The fourth-order valence-electron chi connectivity index (χ4n) is 3.20. The van der Waals surface area contributed by atoms with E-state index in [1.165, 1.54) is 5.56 Å². The molecule has 1 amide bonds. The Hall–Kier alpha value is -2.63. The van der Waals surface area contributed by atoms with Crippen LogP contribution in [0.2, 0.25) is 0 Å². The van der Waals surface area contributed by atoms with E-state index < -0.39 is 0 Å². The second-order valence-corrected chi connectivity index (χ2v) is 6.68. The highest BCUT2D eigenvalue weighted by atomic mass is 16.5. The lowest BCUT2D eigenvalue weighted by molar-refractivity contribution is -0.116.